The van der Waals surface area contributed by atoms with Crippen molar-refractivity contribution in [2.75, 3.05) is 23.7 Å². The number of aromatic nitrogens is 1. The first-order chi connectivity index (χ1) is 12.3. The van der Waals surface area contributed by atoms with E-state index < -0.39 is 10.0 Å². The summed E-state index contributed by atoms with van der Waals surface area (Å²) in [6.07, 6.45) is 5.62. The van der Waals surface area contributed by atoms with Gasteiger partial charge in [0.25, 0.3) is 0 Å². The average molecular weight is 417 g/mol. The van der Waals surface area contributed by atoms with Crippen LogP contribution >= 0.6 is 24.0 Å². The molecule has 0 amide bonds. The Morgan fingerprint density at radius 3 is 2.73 bits per heavy atom. The highest BCUT2D eigenvalue weighted by Gasteiger charge is 2.31. The number of hydrogen-bond acceptors (Lipinski definition) is 7. The number of nitrogens with zero attached hydrogens (tertiary/aromatic N) is 2. The standard InChI is InChI=1S/C17H24N2O4S3/c1-3-23-17(24)25-14(9-10-15(20)13-7-8-13)12-19(26(2,21)22)16-6-4-5-11-18-16/h4-6,11,13-14H,3,7-10,12H2,1-2H3. The van der Waals surface area contributed by atoms with Crippen molar-refractivity contribution in [2.45, 2.75) is 37.9 Å². The largest absolute Gasteiger partial charge is 0.479 e. The van der Waals surface area contributed by atoms with Crippen molar-refractivity contribution in [3.63, 3.8) is 0 Å². The van der Waals surface area contributed by atoms with E-state index in [2.05, 4.69) is 4.98 Å². The quantitative estimate of drug-likeness (QED) is 0.543. The number of ketones is 1. The van der Waals surface area contributed by atoms with E-state index in [0.717, 1.165) is 19.1 Å². The van der Waals surface area contributed by atoms with Crippen molar-refractivity contribution in [3.8, 4) is 0 Å². The summed E-state index contributed by atoms with van der Waals surface area (Å²) in [4.78, 5) is 16.2. The molecule has 0 bridgehead atoms. The molecule has 0 N–H and O–H groups in total. The van der Waals surface area contributed by atoms with E-state index in [1.165, 1.54) is 16.1 Å². The predicted octanol–water partition coefficient (Wildman–Crippen LogP) is 3.03. The first-order valence-electron chi connectivity index (χ1n) is 8.56. The van der Waals surface area contributed by atoms with Gasteiger partial charge in [0, 0.05) is 30.3 Å². The van der Waals surface area contributed by atoms with Gasteiger partial charge in [-0.25, -0.2) is 13.4 Å². The van der Waals surface area contributed by atoms with Gasteiger partial charge in [0.2, 0.25) is 14.4 Å². The van der Waals surface area contributed by atoms with Crippen LogP contribution in [0.3, 0.4) is 0 Å². The molecule has 0 aliphatic heterocycles. The van der Waals surface area contributed by atoms with Gasteiger partial charge in [-0.3, -0.25) is 9.10 Å². The SMILES string of the molecule is CCOC(=S)SC(CCC(=O)C1CC1)CN(c1ccccn1)S(C)(=O)=O. The van der Waals surface area contributed by atoms with E-state index >= 15 is 0 Å². The Balaban J connectivity index is 2.12. The van der Waals surface area contributed by atoms with Crippen LogP contribution in [-0.4, -0.2) is 48.2 Å². The van der Waals surface area contributed by atoms with Crippen molar-refractivity contribution >= 4 is 50.0 Å². The van der Waals surface area contributed by atoms with Crippen LogP contribution in [0.5, 0.6) is 0 Å². The molecule has 6 nitrogen and oxygen atoms in total. The number of Topliss-reactive ketones (excluding diaryl/α,β-unsaturated/α-hetero) is 1. The fourth-order valence-corrected chi connectivity index (χ4v) is 4.91. The second-order valence-corrected chi connectivity index (χ2v) is 9.99. The molecule has 9 heteroatoms. The first kappa shape index (κ1) is 21.1. The number of anilines is 1. The summed E-state index contributed by atoms with van der Waals surface area (Å²) < 4.78 is 31.5. The monoisotopic (exact) mass is 416 g/mol. The third-order valence-corrected chi connectivity index (χ3v) is 6.52. The van der Waals surface area contributed by atoms with Crippen molar-refractivity contribution in [1.82, 2.24) is 4.98 Å². The Labute approximate surface area is 164 Å². The molecule has 1 heterocycles. The number of carbonyl (C=O) groups excluding carboxylic acids is 1. The molecule has 144 valence electrons. The molecule has 0 aromatic carbocycles. The van der Waals surface area contributed by atoms with Gasteiger partial charge in [0.1, 0.15) is 11.6 Å². The molecule has 1 aliphatic carbocycles. The summed E-state index contributed by atoms with van der Waals surface area (Å²) in [5.41, 5.74) is 0. The number of rotatable bonds is 10. The lowest BCUT2D eigenvalue weighted by Gasteiger charge is -2.26. The second-order valence-electron chi connectivity index (χ2n) is 6.18. The summed E-state index contributed by atoms with van der Waals surface area (Å²) in [5.74, 6) is 0.805. The molecule has 0 radical (unpaired) electrons. The predicted molar refractivity (Wildman–Crippen MR) is 109 cm³/mol. The fraction of sp³-hybridized carbons (Fsp3) is 0.588. The van der Waals surface area contributed by atoms with Gasteiger partial charge in [-0.2, -0.15) is 0 Å². The minimum Gasteiger partial charge on any atom is -0.479 e. The normalized spacial score (nSPS) is 15.3. The maximum atomic E-state index is 12.3. The highest BCUT2D eigenvalue weighted by Crippen LogP contribution is 2.32. The molecular weight excluding hydrogens is 392 g/mol. The summed E-state index contributed by atoms with van der Waals surface area (Å²) in [5, 5.41) is -0.187. The molecule has 0 spiro atoms. The Morgan fingerprint density at radius 1 is 1.46 bits per heavy atom. The lowest BCUT2D eigenvalue weighted by molar-refractivity contribution is -0.120. The number of ether oxygens (including phenoxy) is 1. The molecule has 26 heavy (non-hydrogen) atoms. The van der Waals surface area contributed by atoms with Crippen molar-refractivity contribution in [2.24, 2.45) is 5.92 Å². The number of carbonyl (C=O) groups is 1. The zero-order valence-corrected chi connectivity index (χ0v) is 17.4. The Bertz CT molecular complexity index is 721. The topological polar surface area (TPSA) is 76.6 Å². The highest BCUT2D eigenvalue weighted by molar-refractivity contribution is 8.23. The van der Waals surface area contributed by atoms with Crippen LogP contribution in [0.4, 0.5) is 5.82 Å². The molecule has 1 aromatic heterocycles. The van der Waals surface area contributed by atoms with Crippen LogP contribution < -0.4 is 4.31 Å². The number of pyridine rings is 1. The molecule has 1 unspecified atom stereocenters. The molecule has 1 aromatic rings. The molecule has 1 saturated carbocycles. The van der Waals surface area contributed by atoms with Crippen LogP contribution in [0.25, 0.3) is 0 Å². The Hall–Kier alpha value is -1.19. The van der Waals surface area contributed by atoms with Crippen LogP contribution in [0, 0.1) is 5.92 Å². The van der Waals surface area contributed by atoms with E-state index in [9.17, 15) is 13.2 Å². The van der Waals surface area contributed by atoms with E-state index in [-0.39, 0.29) is 23.5 Å². The zero-order chi connectivity index (χ0) is 19.2. The summed E-state index contributed by atoms with van der Waals surface area (Å²) in [6.45, 7) is 2.48. The van der Waals surface area contributed by atoms with E-state index in [4.69, 9.17) is 17.0 Å². The Kier molecular flexibility index (Phi) is 7.85. The van der Waals surface area contributed by atoms with Gasteiger partial charge < -0.3 is 4.74 Å². The third kappa shape index (κ3) is 6.85. The van der Waals surface area contributed by atoms with Crippen molar-refractivity contribution in [3.05, 3.63) is 24.4 Å². The number of thioether (sulfide) groups is 1. The third-order valence-electron chi connectivity index (χ3n) is 3.95. The lowest BCUT2D eigenvalue weighted by atomic mass is 10.1. The smallest absolute Gasteiger partial charge is 0.233 e. The minimum atomic E-state index is -3.52. The summed E-state index contributed by atoms with van der Waals surface area (Å²) in [7, 11) is -3.52. The summed E-state index contributed by atoms with van der Waals surface area (Å²) >= 11 is 6.51. The van der Waals surface area contributed by atoms with Crippen LogP contribution in [-0.2, 0) is 19.6 Å². The van der Waals surface area contributed by atoms with Gasteiger partial charge >= 0.3 is 0 Å². The molecule has 1 atom stereocenters. The minimum absolute atomic E-state index is 0.186. The van der Waals surface area contributed by atoms with Crippen molar-refractivity contribution in [1.29, 1.82) is 0 Å². The fourth-order valence-electron chi connectivity index (χ4n) is 2.47. The van der Waals surface area contributed by atoms with Gasteiger partial charge in [-0.15, -0.1) is 0 Å². The van der Waals surface area contributed by atoms with Gasteiger partial charge in [-0.05, 0) is 50.5 Å². The van der Waals surface area contributed by atoms with Crippen LogP contribution in [0.1, 0.15) is 32.6 Å². The van der Waals surface area contributed by atoms with Gasteiger partial charge in [-0.1, -0.05) is 17.8 Å². The maximum Gasteiger partial charge on any atom is 0.233 e. The highest BCUT2D eigenvalue weighted by atomic mass is 32.2. The second kappa shape index (κ2) is 9.66. The molecule has 0 saturated heterocycles. The average Bonchev–Trinajstić information content (AvgIpc) is 3.42. The zero-order valence-electron chi connectivity index (χ0n) is 15.0. The Morgan fingerprint density at radius 2 is 2.19 bits per heavy atom. The van der Waals surface area contributed by atoms with E-state index in [1.807, 2.05) is 6.92 Å². The van der Waals surface area contributed by atoms with E-state index in [0.29, 0.717) is 29.6 Å². The number of thiocarbonyl (C=S) groups is 1. The van der Waals surface area contributed by atoms with Gasteiger partial charge in [0.15, 0.2) is 0 Å². The number of sulfonamides is 1. The van der Waals surface area contributed by atoms with E-state index in [1.54, 1.807) is 24.4 Å². The molecular formula is C17H24N2O4S3. The maximum absolute atomic E-state index is 12.3. The number of hydrogen-bond donors (Lipinski definition) is 0. The molecule has 1 aliphatic rings. The van der Waals surface area contributed by atoms with Crippen LogP contribution in [0.15, 0.2) is 24.4 Å². The lowest BCUT2D eigenvalue weighted by Crippen LogP contribution is -2.37. The molecule has 1 fully saturated rings. The van der Waals surface area contributed by atoms with Crippen molar-refractivity contribution < 1.29 is 17.9 Å². The first-order valence-corrected chi connectivity index (χ1v) is 11.7. The van der Waals surface area contributed by atoms with Crippen LogP contribution in [0.2, 0.25) is 0 Å². The summed E-state index contributed by atoms with van der Waals surface area (Å²) in [6, 6.07) is 5.12. The molecule has 2 rings (SSSR count). The van der Waals surface area contributed by atoms with Gasteiger partial charge in [0.05, 0.1) is 12.9 Å².